The zero-order valence-corrected chi connectivity index (χ0v) is 15.0. The van der Waals surface area contributed by atoms with Crippen LogP contribution >= 0.6 is 0 Å². The molecule has 0 saturated heterocycles. The van der Waals surface area contributed by atoms with Crippen LogP contribution < -0.4 is 9.47 Å². The molecule has 0 saturated carbocycles. The predicted octanol–water partition coefficient (Wildman–Crippen LogP) is 3.47. The number of carbonyl (C=O) groups excluding carboxylic acids is 2. The number of aromatic amines is 1. The second-order valence-electron chi connectivity index (χ2n) is 5.62. The number of ether oxygens (including phenoxy) is 3. The van der Waals surface area contributed by atoms with E-state index >= 15 is 0 Å². The average Bonchev–Trinajstić information content (AvgIpc) is 2.92. The fourth-order valence-corrected chi connectivity index (χ4v) is 2.55. The normalized spacial score (nSPS) is 10.4. The Kier molecular flexibility index (Phi) is 6.22. The first kappa shape index (κ1) is 18.6. The minimum Gasteiger partial charge on any atom is -0.490 e. The maximum Gasteiger partial charge on any atom is 0.339 e. The van der Waals surface area contributed by atoms with Crippen molar-refractivity contribution in [2.75, 3.05) is 20.3 Å². The third-order valence-electron chi connectivity index (χ3n) is 3.78. The Bertz CT molecular complexity index is 763. The van der Waals surface area contributed by atoms with Crippen LogP contribution in [0, 0.1) is 13.8 Å². The molecule has 2 rings (SSSR count). The van der Waals surface area contributed by atoms with Crippen LogP contribution in [0.1, 0.15) is 45.4 Å². The third-order valence-corrected chi connectivity index (χ3v) is 3.78. The van der Waals surface area contributed by atoms with E-state index in [0.717, 1.165) is 6.42 Å². The monoisotopic (exact) mass is 345 g/mol. The molecule has 0 bridgehead atoms. The number of rotatable bonds is 8. The van der Waals surface area contributed by atoms with E-state index in [1.165, 1.54) is 7.11 Å². The van der Waals surface area contributed by atoms with Crippen molar-refractivity contribution in [1.29, 1.82) is 0 Å². The van der Waals surface area contributed by atoms with Gasteiger partial charge >= 0.3 is 5.97 Å². The van der Waals surface area contributed by atoms with Crippen LogP contribution in [0.4, 0.5) is 0 Å². The molecule has 25 heavy (non-hydrogen) atoms. The Morgan fingerprint density at radius 1 is 1.08 bits per heavy atom. The summed E-state index contributed by atoms with van der Waals surface area (Å²) in [5, 5.41) is 0. The van der Waals surface area contributed by atoms with E-state index in [1.807, 2.05) is 19.1 Å². The van der Waals surface area contributed by atoms with Gasteiger partial charge in [-0.25, -0.2) is 4.79 Å². The Morgan fingerprint density at radius 2 is 1.72 bits per heavy atom. The first-order valence-electron chi connectivity index (χ1n) is 8.14. The highest BCUT2D eigenvalue weighted by atomic mass is 16.5. The molecule has 0 aliphatic heterocycles. The molecule has 0 unspecified atom stereocenters. The maximum absolute atomic E-state index is 12.5. The minimum absolute atomic E-state index is 0.159. The third kappa shape index (κ3) is 4.21. The number of benzene rings is 1. The lowest BCUT2D eigenvalue weighted by molar-refractivity contribution is 0.0599. The van der Waals surface area contributed by atoms with E-state index in [0.29, 0.717) is 40.6 Å². The van der Waals surface area contributed by atoms with Crippen molar-refractivity contribution in [1.82, 2.24) is 4.98 Å². The molecular weight excluding hydrogens is 322 g/mol. The number of nitrogens with one attached hydrogen (secondary N) is 1. The van der Waals surface area contributed by atoms with Gasteiger partial charge in [0.2, 0.25) is 5.78 Å². The number of H-pyrrole nitrogens is 1. The second kappa shape index (κ2) is 8.37. The summed E-state index contributed by atoms with van der Waals surface area (Å²) in [6.07, 6.45) is 0.879. The van der Waals surface area contributed by atoms with E-state index in [1.54, 1.807) is 26.0 Å². The van der Waals surface area contributed by atoms with Gasteiger partial charge in [0, 0.05) is 5.69 Å². The van der Waals surface area contributed by atoms with Crippen molar-refractivity contribution in [3.05, 3.63) is 46.8 Å². The smallest absolute Gasteiger partial charge is 0.339 e. The number of ketones is 1. The molecule has 1 aromatic carbocycles. The lowest BCUT2D eigenvalue weighted by Gasteiger charge is -2.11. The van der Waals surface area contributed by atoms with Crippen molar-refractivity contribution < 1.29 is 23.8 Å². The first-order valence-corrected chi connectivity index (χ1v) is 8.14. The lowest BCUT2D eigenvalue weighted by Crippen LogP contribution is -2.14. The van der Waals surface area contributed by atoms with Crippen LogP contribution in [0.5, 0.6) is 11.5 Å². The van der Waals surface area contributed by atoms with Crippen LogP contribution in [0.25, 0.3) is 0 Å². The van der Waals surface area contributed by atoms with E-state index < -0.39 is 5.97 Å². The molecule has 1 N–H and O–H groups in total. The molecule has 0 aliphatic rings. The zero-order chi connectivity index (χ0) is 18.4. The number of aryl methyl sites for hydroxylation is 1. The number of esters is 1. The maximum atomic E-state index is 12.5. The van der Waals surface area contributed by atoms with Crippen molar-refractivity contribution in [3.8, 4) is 11.5 Å². The fraction of sp³-hybridized carbons (Fsp3) is 0.368. The lowest BCUT2D eigenvalue weighted by atomic mass is 10.1. The largest absolute Gasteiger partial charge is 0.490 e. The molecule has 0 aliphatic carbocycles. The van der Waals surface area contributed by atoms with Gasteiger partial charge in [0.15, 0.2) is 18.1 Å². The van der Waals surface area contributed by atoms with Crippen LogP contribution in [-0.4, -0.2) is 37.1 Å². The quantitative estimate of drug-likeness (QED) is 0.585. The van der Waals surface area contributed by atoms with Crippen molar-refractivity contribution >= 4 is 11.8 Å². The molecule has 1 heterocycles. The molecule has 0 radical (unpaired) electrons. The Morgan fingerprint density at radius 3 is 2.32 bits per heavy atom. The van der Waals surface area contributed by atoms with E-state index in [9.17, 15) is 9.59 Å². The number of carbonyl (C=O) groups is 2. The number of hydrogen-bond acceptors (Lipinski definition) is 5. The highest BCUT2D eigenvalue weighted by Gasteiger charge is 2.22. The van der Waals surface area contributed by atoms with Crippen molar-refractivity contribution in [3.63, 3.8) is 0 Å². The topological polar surface area (TPSA) is 77.6 Å². The second-order valence-corrected chi connectivity index (χ2v) is 5.62. The van der Waals surface area contributed by atoms with Crippen LogP contribution in [-0.2, 0) is 4.74 Å². The zero-order valence-electron chi connectivity index (χ0n) is 15.0. The van der Waals surface area contributed by atoms with Gasteiger partial charge in [-0.1, -0.05) is 19.1 Å². The number of methoxy groups -OCH3 is 1. The number of hydrogen-bond donors (Lipinski definition) is 1. The number of aromatic nitrogens is 1. The summed E-state index contributed by atoms with van der Waals surface area (Å²) >= 11 is 0. The summed E-state index contributed by atoms with van der Waals surface area (Å²) < 4.78 is 16.0. The van der Waals surface area contributed by atoms with Crippen LogP contribution in [0.15, 0.2) is 24.3 Å². The molecule has 0 fully saturated rings. The first-order chi connectivity index (χ1) is 12.0. The van der Waals surface area contributed by atoms with Gasteiger partial charge in [-0.15, -0.1) is 0 Å². The van der Waals surface area contributed by atoms with E-state index in [4.69, 9.17) is 14.2 Å². The summed E-state index contributed by atoms with van der Waals surface area (Å²) in [7, 11) is 1.31. The summed E-state index contributed by atoms with van der Waals surface area (Å²) in [4.78, 5) is 27.3. The predicted molar refractivity (Wildman–Crippen MR) is 93.7 cm³/mol. The van der Waals surface area contributed by atoms with Crippen molar-refractivity contribution in [2.45, 2.75) is 27.2 Å². The molecule has 2 aromatic rings. The molecule has 6 nitrogen and oxygen atoms in total. The van der Waals surface area contributed by atoms with Crippen LogP contribution in [0.3, 0.4) is 0 Å². The molecule has 0 amide bonds. The average molecular weight is 345 g/mol. The molecular formula is C19H23NO5. The summed E-state index contributed by atoms with van der Waals surface area (Å²) in [6.45, 7) is 5.87. The van der Waals surface area contributed by atoms with Gasteiger partial charge in [-0.3, -0.25) is 4.79 Å². The highest BCUT2D eigenvalue weighted by Crippen LogP contribution is 2.27. The summed E-state index contributed by atoms with van der Waals surface area (Å²) in [5.74, 6) is 0.399. The van der Waals surface area contributed by atoms with Crippen molar-refractivity contribution in [2.24, 2.45) is 0 Å². The Hall–Kier alpha value is -2.76. The molecule has 0 spiro atoms. The minimum atomic E-state index is -0.468. The highest BCUT2D eigenvalue weighted by molar-refractivity contribution is 6.02. The van der Waals surface area contributed by atoms with Gasteiger partial charge in [0.05, 0.1) is 25.0 Å². The standard InChI is InChI=1S/C19H23NO5/c1-5-10-24-15-8-6-7-9-16(15)25-11-14(21)18-12(2)17(13(3)20-18)19(22)23-4/h6-9,20H,5,10-11H2,1-4H3. The Balaban J connectivity index is 2.13. The SMILES string of the molecule is CCCOc1ccccc1OCC(=O)c1[nH]c(C)c(C(=O)OC)c1C. The van der Waals surface area contributed by atoms with Gasteiger partial charge in [-0.05, 0) is 38.0 Å². The Labute approximate surface area is 147 Å². The summed E-state index contributed by atoms with van der Waals surface area (Å²) in [6, 6.07) is 7.22. The summed E-state index contributed by atoms with van der Waals surface area (Å²) in [5.41, 5.74) is 1.90. The number of Topliss-reactive ketones (excluding diaryl/α,β-unsaturated/α-hetero) is 1. The molecule has 6 heteroatoms. The van der Waals surface area contributed by atoms with E-state index in [2.05, 4.69) is 4.98 Å². The van der Waals surface area contributed by atoms with Gasteiger partial charge in [0.1, 0.15) is 0 Å². The van der Waals surface area contributed by atoms with Gasteiger partial charge in [0.25, 0.3) is 0 Å². The molecule has 1 aromatic heterocycles. The van der Waals surface area contributed by atoms with Gasteiger partial charge < -0.3 is 19.2 Å². The fourth-order valence-electron chi connectivity index (χ4n) is 2.55. The molecule has 134 valence electrons. The van der Waals surface area contributed by atoms with Gasteiger partial charge in [-0.2, -0.15) is 0 Å². The number of para-hydroxylation sites is 2. The molecule has 0 atom stereocenters. The van der Waals surface area contributed by atoms with Crippen LogP contribution in [0.2, 0.25) is 0 Å². The van der Waals surface area contributed by atoms with E-state index in [-0.39, 0.29) is 12.4 Å².